The minimum atomic E-state index is 0.695. The molecule has 2 aliphatic heterocycles. The molecule has 1 N–H and O–H groups in total. The molecule has 2 saturated heterocycles. The van der Waals surface area contributed by atoms with Crippen molar-refractivity contribution in [2.45, 2.75) is 13.5 Å². The molecule has 0 spiro atoms. The van der Waals surface area contributed by atoms with Crippen LogP contribution >= 0.6 is 11.8 Å². The number of piperazine rings is 1. The van der Waals surface area contributed by atoms with Crippen LogP contribution < -0.4 is 15.1 Å². The SMILES string of the molecule is CCNC(=NCc1ccc(N2CCSCC2)cc1)N1CCN(c2ncccn2)CC1. The average molecular weight is 426 g/mol. The number of thioether (sulfide) groups is 1. The summed E-state index contributed by atoms with van der Waals surface area (Å²) in [6, 6.07) is 10.8. The highest BCUT2D eigenvalue weighted by molar-refractivity contribution is 7.99. The summed E-state index contributed by atoms with van der Waals surface area (Å²) in [4.78, 5) is 20.7. The third kappa shape index (κ3) is 5.36. The molecular weight excluding hydrogens is 394 g/mol. The van der Waals surface area contributed by atoms with Gasteiger partial charge in [-0.3, -0.25) is 0 Å². The van der Waals surface area contributed by atoms with Crippen LogP contribution in [0.5, 0.6) is 0 Å². The summed E-state index contributed by atoms with van der Waals surface area (Å²) in [7, 11) is 0. The van der Waals surface area contributed by atoms with Gasteiger partial charge in [-0.25, -0.2) is 15.0 Å². The number of aliphatic imine (C=N–C) groups is 1. The summed E-state index contributed by atoms with van der Waals surface area (Å²) in [5.41, 5.74) is 2.58. The molecule has 2 aromatic rings. The standard InChI is InChI=1S/C22H31N7S/c1-2-23-21(28-10-12-29(13-11-28)22-24-8-3-9-25-22)26-18-19-4-6-20(7-5-19)27-14-16-30-17-15-27/h3-9H,2,10-18H2,1H3,(H,23,26). The van der Waals surface area contributed by atoms with Crippen LogP contribution in [0.25, 0.3) is 0 Å². The normalized spacial score (nSPS) is 17.9. The molecular formula is C22H31N7S. The lowest BCUT2D eigenvalue weighted by atomic mass is 10.2. The zero-order chi connectivity index (χ0) is 20.6. The van der Waals surface area contributed by atoms with E-state index in [2.05, 4.69) is 61.2 Å². The van der Waals surface area contributed by atoms with Gasteiger partial charge in [0.05, 0.1) is 6.54 Å². The van der Waals surface area contributed by atoms with Crippen molar-refractivity contribution in [2.75, 3.05) is 67.1 Å². The van der Waals surface area contributed by atoms with E-state index >= 15 is 0 Å². The maximum absolute atomic E-state index is 4.91. The largest absolute Gasteiger partial charge is 0.370 e. The van der Waals surface area contributed by atoms with Crippen LogP contribution in [0, 0.1) is 0 Å². The van der Waals surface area contributed by atoms with Gasteiger partial charge in [0.15, 0.2) is 5.96 Å². The zero-order valence-corrected chi connectivity index (χ0v) is 18.5. The molecule has 2 aliphatic rings. The third-order valence-corrected chi connectivity index (χ3v) is 6.42. The van der Waals surface area contributed by atoms with E-state index in [9.17, 15) is 0 Å². The van der Waals surface area contributed by atoms with Gasteiger partial charge in [0, 0.05) is 75.4 Å². The van der Waals surface area contributed by atoms with E-state index in [1.165, 1.54) is 22.8 Å². The van der Waals surface area contributed by atoms with Crippen LogP contribution in [0.4, 0.5) is 11.6 Å². The second kappa shape index (κ2) is 10.5. The maximum atomic E-state index is 4.91. The Kier molecular flexibility index (Phi) is 7.29. The molecule has 4 rings (SSSR count). The molecule has 7 nitrogen and oxygen atoms in total. The minimum absolute atomic E-state index is 0.695. The molecule has 0 amide bonds. The average Bonchev–Trinajstić information content (AvgIpc) is 2.83. The minimum Gasteiger partial charge on any atom is -0.370 e. The molecule has 0 bridgehead atoms. The Balaban J connectivity index is 1.34. The predicted molar refractivity (Wildman–Crippen MR) is 127 cm³/mol. The lowest BCUT2D eigenvalue weighted by Crippen LogP contribution is -2.52. The van der Waals surface area contributed by atoms with Gasteiger partial charge in [-0.15, -0.1) is 0 Å². The van der Waals surface area contributed by atoms with Crippen LogP contribution in [0.3, 0.4) is 0 Å². The number of aromatic nitrogens is 2. The highest BCUT2D eigenvalue weighted by atomic mass is 32.2. The number of benzene rings is 1. The van der Waals surface area contributed by atoms with Crippen molar-refractivity contribution in [1.82, 2.24) is 20.2 Å². The Morgan fingerprint density at radius 1 is 0.967 bits per heavy atom. The van der Waals surface area contributed by atoms with E-state index in [4.69, 9.17) is 4.99 Å². The predicted octanol–water partition coefficient (Wildman–Crippen LogP) is 2.32. The summed E-state index contributed by atoms with van der Waals surface area (Å²) in [5, 5.41) is 3.46. The van der Waals surface area contributed by atoms with Crippen molar-refractivity contribution >= 4 is 29.4 Å². The molecule has 30 heavy (non-hydrogen) atoms. The van der Waals surface area contributed by atoms with Gasteiger partial charge in [-0.05, 0) is 30.7 Å². The van der Waals surface area contributed by atoms with Crippen molar-refractivity contribution in [3.05, 3.63) is 48.3 Å². The molecule has 1 aromatic heterocycles. The summed E-state index contributed by atoms with van der Waals surface area (Å²) < 4.78 is 0. The molecule has 0 atom stereocenters. The number of anilines is 2. The summed E-state index contributed by atoms with van der Waals surface area (Å²) >= 11 is 2.04. The summed E-state index contributed by atoms with van der Waals surface area (Å²) in [6.07, 6.45) is 3.60. The first-order chi connectivity index (χ1) is 14.8. The Morgan fingerprint density at radius 2 is 1.67 bits per heavy atom. The van der Waals surface area contributed by atoms with Gasteiger partial charge in [0.25, 0.3) is 0 Å². The number of nitrogens with one attached hydrogen (secondary N) is 1. The van der Waals surface area contributed by atoms with Crippen molar-refractivity contribution in [1.29, 1.82) is 0 Å². The van der Waals surface area contributed by atoms with E-state index in [-0.39, 0.29) is 0 Å². The van der Waals surface area contributed by atoms with E-state index in [0.29, 0.717) is 6.54 Å². The fourth-order valence-electron chi connectivity index (χ4n) is 3.80. The molecule has 0 saturated carbocycles. The Labute approximate surface area is 183 Å². The van der Waals surface area contributed by atoms with Gasteiger partial charge in [0.1, 0.15) is 0 Å². The van der Waals surface area contributed by atoms with E-state index in [1.807, 2.05) is 17.8 Å². The van der Waals surface area contributed by atoms with Gasteiger partial charge in [-0.1, -0.05) is 12.1 Å². The van der Waals surface area contributed by atoms with Crippen LogP contribution in [0.2, 0.25) is 0 Å². The lowest BCUT2D eigenvalue weighted by molar-refractivity contribution is 0.370. The third-order valence-electron chi connectivity index (χ3n) is 5.47. The number of rotatable bonds is 5. The molecule has 0 unspecified atom stereocenters. The second-order valence-corrected chi connectivity index (χ2v) is 8.68. The fraction of sp³-hybridized carbons (Fsp3) is 0.500. The first-order valence-corrected chi connectivity index (χ1v) is 12.0. The van der Waals surface area contributed by atoms with Crippen molar-refractivity contribution < 1.29 is 0 Å². The lowest BCUT2D eigenvalue weighted by Gasteiger charge is -2.36. The molecule has 3 heterocycles. The molecule has 1 aromatic carbocycles. The van der Waals surface area contributed by atoms with E-state index < -0.39 is 0 Å². The number of guanidine groups is 1. The molecule has 8 heteroatoms. The highest BCUT2D eigenvalue weighted by Gasteiger charge is 2.21. The maximum Gasteiger partial charge on any atom is 0.225 e. The second-order valence-electron chi connectivity index (χ2n) is 7.46. The highest BCUT2D eigenvalue weighted by Crippen LogP contribution is 2.20. The molecule has 0 aliphatic carbocycles. The smallest absolute Gasteiger partial charge is 0.225 e. The molecule has 0 radical (unpaired) electrons. The summed E-state index contributed by atoms with van der Waals surface area (Å²) in [5.74, 6) is 4.25. The number of hydrogen-bond donors (Lipinski definition) is 1. The van der Waals surface area contributed by atoms with Crippen LogP contribution in [0.1, 0.15) is 12.5 Å². The topological polar surface area (TPSA) is 59.9 Å². The van der Waals surface area contributed by atoms with Gasteiger partial charge in [0.2, 0.25) is 5.95 Å². The monoisotopic (exact) mass is 425 g/mol. The Bertz CT molecular complexity index is 798. The van der Waals surface area contributed by atoms with Gasteiger partial charge >= 0.3 is 0 Å². The van der Waals surface area contributed by atoms with Gasteiger partial charge in [-0.2, -0.15) is 11.8 Å². The van der Waals surface area contributed by atoms with E-state index in [0.717, 1.165) is 57.7 Å². The molecule has 2 fully saturated rings. The van der Waals surface area contributed by atoms with Gasteiger partial charge < -0.3 is 20.0 Å². The molecule has 160 valence electrons. The number of hydrogen-bond acceptors (Lipinski definition) is 6. The number of nitrogens with zero attached hydrogens (tertiary/aromatic N) is 6. The Morgan fingerprint density at radius 3 is 2.33 bits per heavy atom. The van der Waals surface area contributed by atoms with Crippen molar-refractivity contribution in [3.8, 4) is 0 Å². The quantitative estimate of drug-likeness (QED) is 0.583. The first kappa shape index (κ1) is 20.8. The Hall–Kier alpha value is -2.48. The zero-order valence-electron chi connectivity index (χ0n) is 17.7. The van der Waals surface area contributed by atoms with Crippen molar-refractivity contribution in [2.24, 2.45) is 4.99 Å². The van der Waals surface area contributed by atoms with E-state index in [1.54, 1.807) is 12.4 Å². The van der Waals surface area contributed by atoms with Crippen LogP contribution in [-0.4, -0.2) is 78.1 Å². The van der Waals surface area contributed by atoms with Crippen LogP contribution in [0.15, 0.2) is 47.7 Å². The van der Waals surface area contributed by atoms with Crippen LogP contribution in [-0.2, 0) is 6.54 Å². The summed E-state index contributed by atoms with van der Waals surface area (Å²) in [6.45, 7) is 9.60. The van der Waals surface area contributed by atoms with Crippen molar-refractivity contribution in [3.63, 3.8) is 0 Å². The fourth-order valence-corrected chi connectivity index (χ4v) is 4.70. The first-order valence-electron chi connectivity index (χ1n) is 10.8.